The maximum atomic E-state index is 12.9. The van der Waals surface area contributed by atoms with Crippen LogP contribution in [0.1, 0.15) is 38.1 Å². The lowest BCUT2D eigenvalue weighted by molar-refractivity contribution is 0.0527. The van der Waals surface area contributed by atoms with Crippen molar-refractivity contribution in [1.82, 2.24) is 0 Å². The average molecular weight is 456 g/mol. The van der Waals surface area contributed by atoms with E-state index in [-0.39, 0.29) is 36.0 Å². The molecule has 0 bridgehead atoms. The second kappa shape index (κ2) is 8.64. The second-order valence-corrected chi connectivity index (χ2v) is 10.5. The van der Waals surface area contributed by atoms with Crippen molar-refractivity contribution in [3.8, 4) is 11.1 Å². The summed E-state index contributed by atoms with van der Waals surface area (Å²) in [5, 5.41) is 3.13. The Balaban J connectivity index is 1.62. The summed E-state index contributed by atoms with van der Waals surface area (Å²) in [4.78, 5) is 26.0. The van der Waals surface area contributed by atoms with Crippen LogP contribution in [0.2, 0.25) is 0 Å². The zero-order valence-electron chi connectivity index (χ0n) is 16.9. The molecule has 6 nitrogen and oxygen atoms in total. The zero-order chi connectivity index (χ0) is 22.0. The first-order chi connectivity index (χ1) is 14.9. The fourth-order valence-electron chi connectivity index (χ4n) is 3.55. The number of ether oxygens (including phenoxy) is 1. The Kier molecular flexibility index (Phi) is 5.93. The molecule has 0 fully saturated rings. The number of carbonyl (C=O) groups excluding carboxylic acids is 2. The molecule has 0 saturated carbocycles. The smallest absolute Gasteiger partial charge is 0.341 e. The highest BCUT2D eigenvalue weighted by Crippen LogP contribution is 2.38. The van der Waals surface area contributed by atoms with Crippen molar-refractivity contribution in [3.05, 3.63) is 76.2 Å². The molecule has 1 N–H and O–H groups in total. The van der Waals surface area contributed by atoms with Gasteiger partial charge < -0.3 is 10.1 Å². The number of hydrogen-bond acceptors (Lipinski definition) is 6. The number of rotatable bonds is 5. The summed E-state index contributed by atoms with van der Waals surface area (Å²) in [5.41, 5.74) is 3.40. The van der Waals surface area contributed by atoms with Crippen LogP contribution in [0.4, 0.5) is 5.00 Å². The van der Waals surface area contributed by atoms with Gasteiger partial charge >= 0.3 is 5.97 Å². The largest absolute Gasteiger partial charge is 0.462 e. The van der Waals surface area contributed by atoms with E-state index in [9.17, 15) is 18.0 Å². The van der Waals surface area contributed by atoms with Gasteiger partial charge in [-0.3, -0.25) is 4.79 Å². The Hall–Kier alpha value is -2.97. The summed E-state index contributed by atoms with van der Waals surface area (Å²) in [6.45, 7) is 1.89. The van der Waals surface area contributed by atoms with Crippen molar-refractivity contribution in [3.63, 3.8) is 0 Å². The fraction of sp³-hybridized carbons (Fsp3) is 0.217. The molecular formula is C23H21NO5S2. The van der Waals surface area contributed by atoms with Gasteiger partial charge in [-0.25, -0.2) is 13.2 Å². The summed E-state index contributed by atoms with van der Waals surface area (Å²) in [7, 11) is -3.20. The Labute approximate surface area is 184 Å². The third-order valence-corrected chi connectivity index (χ3v) is 7.95. The van der Waals surface area contributed by atoms with Gasteiger partial charge in [-0.2, -0.15) is 0 Å². The normalized spacial score (nSPS) is 14.5. The molecule has 0 saturated heterocycles. The maximum Gasteiger partial charge on any atom is 0.341 e. The van der Waals surface area contributed by atoms with Crippen LogP contribution in [0.5, 0.6) is 0 Å². The quantitative estimate of drug-likeness (QED) is 0.579. The first kappa shape index (κ1) is 21.3. The lowest BCUT2D eigenvalue weighted by Crippen LogP contribution is -2.20. The molecule has 1 aliphatic heterocycles. The van der Waals surface area contributed by atoms with Gasteiger partial charge in [0.2, 0.25) is 0 Å². The van der Waals surface area contributed by atoms with Crippen molar-refractivity contribution in [1.29, 1.82) is 0 Å². The molecule has 4 rings (SSSR count). The fourth-order valence-corrected chi connectivity index (χ4v) is 6.58. The monoisotopic (exact) mass is 455 g/mol. The number of carbonyl (C=O) groups is 2. The predicted molar refractivity (Wildman–Crippen MR) is 121 cm³/mol. The number of esters is 1. The number of nitrogens with one attached hydrogen (secondary N) is 1. The average Bonchev–Trinajstić information content (AvgIpc) is 3.10. The first-order valence-corrected chi connectivity index (χ1v) is 12.5. The van der Waals surface area contributed by atoms with E-state index in [0.29, 0.717) is 21.0 Å². The Morgan fingerprint density at radius 1 is 1.03 bits per heavy atom. The van der Waals surface area contributed by atoms with Crippen LogP contribution in [0.3, 0.4) is 0 Å². The van der Waals surface area contributed by atoms with Gasteiger partial charge in [-0.15, -0.1) is 11.3 Å². The topological polar surface area (TPSA) is 89.5 Å². The van der Waals surface area contributed by atoms with Crippen LogP contribution in [0.15, 0.2) is 54.6 Å². The predicted octanol–water partition coefficient (Wildman–Crippen LogP) is 4.32. The summed E-state index contributed by atoms with van der Waals surface area (Å²) in [5.74, 6) is -1.06. The second-order valence-electron chi connectivity index (χ2n) is 7.17. The number of amides is 1. The van der Waals surface area contributed by atoms with Gasteiger partial charge in [0.25, 0.3) is 5.91 Å². The SMILES string of the molecule is CCOC(=O)c1c(NC(=O)c2ccc(-c3ccccc3)cc2)sc2c1CCS(=O)(=O)C2. The van der Waals surface area contributed by atoms with Crippen LogP contribution in [0, 0.1) is 0 Å². The molecule has 31 heavy (non-hydrogen) atoms. The van der Waals surface area contributed by atoms with Crippen LogP contribution in [0.25, 0.3) is 11.1 Å². The van der Waals surface area contributed by atoms with Gasteiger partial charge in [0, 0.05) is 10.4 Å². The number of sulfone groups is 1. The van der Waals surface area contributed by atoms with E-state index in [1.807, 2.05) is 42.5 Å². The van der Waals surface area contributed by atoms with E-state index in [0.717, 1.165) is 22.5 Å². The minimum absolute atomic E-state index is 0.0164. The van der Waals surface area contributed by atoms with Crippen molar-refractivity contribution in [2.24, 2.45) is 0 Å². The molecule has 1 aromatic heterocycles. The van der Waals surface area contributed by atoms with Crippen LogP contribution < -0.4 is 5.32 Å². The van der Waals surface area contributed by atoms with Crippen molar-refractivity contribution >= 4 is 38.1 Å². The van der Waals surface area contributed by atoms with E-state index < -0.39 is 15.8 Å². The molecule has 3 aromatic rings. The van der Waals surface area contributed by atoms with E-state index >= 15 is 0 Å². The molecule has 0 unspecified atom stereocenters. The third kappa shape index (κ3) is 4.55. The Morgan fingerprint density at radius 2 is 1.71 bits per heavy atom. The first-order valence-electron chi connectivity index (χ1n) is 9.87. The van der Waals surface area contributed by atoms with Gasteiger partial charge in [-0.1, -0.05) is 42.5 Å². The molecule has 2 heterocycles. The highest BCUT2D eigenvalue weighted by atomic mass is 32.2. The molecule has 0 spiro atoms. The van der Waals surface area contributed by atoms with Gasteiger partial charge in [-0.05, 0) is 42.2 Å². The molecule has 160 valence electrons. The molecule has 8 heteroatoms. The van der Waals surface area contributed by atoms with Gasteiger partial charge in [0.1, 0.15) is 5.00 Å². The molecule has 0 radical (unpaired) electrons. The van der Waals surface area contributed by atoms with Crippen molar-refractivity contribution in [2.75, 3.05) is 17.7 Å². The van der Waals surface area contributed by atoms with Gasteiger partial charge in [0.15, 0.2) is 9.84 Å². The van der Waals surface area contributed by atoms with E-state index in [1.165, 1.54) is 0 Å². The van der Waals surface area contributed by atoms with E-state index in [4.69, 9.17) is 4.74 Å². The number of benzene rings is 2. The zero-order valence-corrected chi connectivity index (χ0v) is 18.5. The summed E-state index contributed by atoms with van der Waals surface area (Å²) >= 11 is 1.13. The number of hydrogen-bond donors (Lipinski definition) is 1. The molecule has 1 aliphatic rings. The van der Waals surface area contributed by atoms with Crippen LogP contribution >= 0.6 is 11.3 Å². The third-order valence-electron chi connectivity index (χ3n) is 5.07. The van der Waals surface area contributed by atoms with E-state index in [2.05, 4.69) is 5.32 Å². The summed E-state index contributed by atoms with van der Waals surface area (Å²) in [6, 6.07) is 17.0. The van der Waals surface area contributed by atoms with Crippen molar-refractivity contribution < 1.29 is 22.7 Å². The molecule has 0 aliphatic carbocycles. The van der Waals surface area contributed by atoms with E-state index in [1.54, 1.807) is 19.1 Å². The number of fused-ring (bicyclic) bond motifs is 1. The molecular weight excluding hydrogens is 434 g/mol. The minimum Gasteiger partial charge on any atom is -0.462 e. The highest BCUT2D eigenvalue weighted by Gasteiger charge is 2.32. The standard InChI is InChI=1S/C23H21NO5S2/c1-2-29-23(26)20-18-12-13-31(27,28)14-19(18)30-22(20)24-21(25)17-10-8-16(9-11-17)15-6-4-3-5-7-15/h3-11H,2,12-14H2,1H3,(H,24,25). The number of anilines is 1. The Bertz CT molecular complexity index is 1230. The van der Waals surface area contributed by atoms with Crippen LogP contribution in [-0.4, -0.2) is 32.7 Å². The minimum atomic E-state index is -3.20. The molecule has 0 atom stereocenters. The number of thiophene rings is 1. The summed E-state index contributed by atoms with van der Waals surface area (Å²) in [6.07, 6.45) is 0.240. The molecule has 2 aromatic carbocycles. The summed E-state index contributed by atoms with van der Waals surface area (Å²) < 4.78 is 29.2. The van der Waals surface area contributed by atoms with Crippen molar-refractivity contribution in [2.45, 2.75) is 19.1 Å². The lowest BCUT2D eigenvalue weighted by Gasteiger charge is -2.13. The maximum absolute atomic E-state index is 12.9. The Morgan fingerprint density at radius 3 is 2.39 bits per heavy atom. The van der Waals surface area contributed by atoms with Gasteiger partial charge in [0.05, 0.1) is 23.7 Å². The lowest BCUT2D eigenvalue weighted by atomic mass is 10.0. The van der Waals surface area contributed by atoms with Crippen LogP contribution in [-0.2, 0) is 26.7 Å². The highest BCUT2D eigenvalue weighted by molar-refractivity contribution is 7.90. The molecule has 1 amide bonds.